The number of aryl methyl sites for hydroxylation is 1. The van der Waals surface area contributed by atoms with Gasteiger partial charge in [-0.2, -0.15) is 0 Å². The maximum absolute atomic E-state index is 12.8. The zero-order valence-electron chi connectivity index (χ0n) is 18.8. The van der Waals surface area contributed by atoms with Crippen molar-refractivity contribution >= 4 is 23.3 Å². The number of para-hydroxylation sites is 1. The van der Waals surface area contributed by atoms with Crippen LogP contribution in [0.15, 0.2) is 66.9 Å². The first-order valence-electron chi connectivity index (χ1n) is 11.0. The zero-order chi connectivity index (χ0) is 23.9. The van der Waals surface area contributed by atoms with Gasteiger partial charge in [0.2, 0.25) is 5.91 Å². The number of ether oxygens (including phenoxy) is 2. The molecule has 3 aromatic rings. The lowest BCUT2D eigenvalue weighted by Gasteiger charge is -2.29. The normalized spacial score (nSPS) is 12.5. The number of carbonyl (C=O) groups excluding carboxylic acids is 3. The SMILES string of the molecule is CCc1ccccc1OCC(=O)c1ccc2c(c1)N(CC(=O)NCc1ccccn1)C(=O)CO2. The molecule has 8 heteroatoms. The number of aromatic nitrogens is 1. The van der Waals surface area contributed by atoms with E-state index in [-0.39, 0.29) is 43.9 Å². The van der Waals surface area contributed by atoms with Gasteiger partial charge in [0, 0.05) is 11.8 Å². The summed E-state index contributed by atoms with van der Waals surface area (Å²) in [5.74, 6) is 0.152. The van der Waals surface area contributed by atoms with Crippen LogP contribution < -0.4 is 19.7 Å². The Kier molecular flexibility index (Phi) is 7.17. The Labute approximate surface area is 197 Å². The van der Waals surface area contributed by atoms with E-state index in [1.807, 2.05) is 37.3 Å². The average Bonchev–Trinajstić information content (AvgIpc) is 2.88. The van der Waals surface area contributed by atoms with Gasteiger partial charge in [-0.3, -0.25) is 24.3 Å². The first-order chi connectivity index (χ1) is 16.5. The topological polar surface area (TPSA) is 97.8 Å². The molecule has 1 aliphatic rings. The third kappa shape index (κ3) is 5.40. The molecule has 8 nitrogen and oxygen atoms in total. The fraction of sp³-hybridized carbons (Fsp3) is 0.231. The molecule has 0 atom stereocenters. The summed E-state index contributed by atoms with van der Waals surface area (Å²) in [6.45, 7) is 1.76. The molecule has 0 unspecified atom stereocenters. The Bertz CT molecular complexity index is 1200. The summed E-state index contributed by atoms with van der Waals surface area (Å²) in [5, 5.41) is 2.76. The van der Waals surface area contributed by atoms with Gasteiger partial charge in [0.1, 0.15) is 18.0 Å². The predicted octanol–water partition coefficient (Wildman–Crippen LogP) is 2.95. The molecule has 0 saturated heterocycles. The quantitative estimate of drug-likeness (QED) is 0.494. The Morgan fingerprint density at radius 3 is 2.74 bits per heavy atom. The van der Waals surface area contributed by atoms with Crippen LogP contribution in [0.25, 0.3) is 0 Å². The van der Waals surface area contributed by atoms with E-state index in [1.54, 1.807) is 36.5 Å². The number of ketones is 1. The molecule has 1 N–H and O–H groups in total. The van der Waals surface area contributed by atoms with Gasteiger partial charge >= 0.3 is 0 Å². The summed E-state index contributed by atoms with van der Waals surface area (Å²) in [6.07, 6.45) is 2.44. The number of nitrogens with one attached hydrogen (secondary N) is 1. The molecule has 0 saturated carbocycles. The number of nitrogens with zero attached hydrogens (tertiary/aromatic N) is 2. The van der Waals surface area contributed by atoms with E-state index in [2.05, 4.69) is 10.3 Å². The number of Topliss-reactive ketones (excluding diaryl/α,β-unsaturated/α-hetero) is 1. The van der Waals surface area contributed by atoms with Gasteiger partial charge in [-0.05, 0) is 48.4 Å². The number of hydrogen-bond donors (Lipinski definition) is 1. The molecule has 0 bridgehead atoms. The van der Waals surface area contributed by atoms with Crippen molar-refractivity contribution in [3.05, 3.63) is 83.7 Å². The van der Waals surface area contributed by atoms with E-state index in [0.29, 0.717) is 28.4 Å². The molecule has 1 aromatic heterocycles. The van der Waals surface area contributed by atoms with Crippen LogP contribution in [0.2, 0.25) is 0 Å². The number of hydrogen-bond acceptors (Lipinski definition) is 6. The maximum atomic E-state index is 12.8. The van der Waals surface area contributed by atoms with Crippen LogP contribution in [0.5, 0.6) is 11.5 Å². The minimum atomic E-state index is -0.363. The monoisotopic (exact) mass is 459 g/mol. The van der Waals surface area contributed by atoms with Crippen molar-refractivity contribution in [2.24, 2.45) is 0 Å². The summed E-state index contributed by atoms with van der Waals surface area (Å²) in [7, 11) is 0. The Hall–Kier alpha value is -4.20. The molecule has 4 rings (SSSR count). The van der Waals surface area contributed by atoms with Gasteiger partial charge < -0.3 is 14.8 Å². The zero-order valence-corrected chi connectivity index (χ0v) is 18.8. The number of carbonyl (C=O) groups is 3. The second-order valence-corrected chi connectivity index (χ2v) is 7.72. The van der Waals surface area contributed by atoms with E-state index < -0.39 is 0 Å². The lowest BCUT2D eigenvalue weighted by atomic mass is 10.1. The third-order valence-corrected chi connectivity index (χ3v) is 5.43. The largest absolute Gasteiger partial charge is 0.485 e. The van der Waals surface area contributed by atoms with Gasteiger partial charge in [0.15, 0.2) is 19.0 Å². The highest BCUT2D eigenvalue weighted by Crippen LogP contribution is 2.33. The summed E-state index contributed by atoms with van der Waals surface area (Å²) in [5.41, 5.74) is 2.47. The maximum Gasteiger partial charge on any atom is 0.265 e. The summed E-state index contributed by atoms with van der Waals surface area (Å²) >= 11 is 0. The van der Waals surface area contributed by atoms with Crippen molar-refractivity contribution in [1.29, 1.82) is 0 Å². The highest BCUT2D eigenvalue weighted by molar-refractivity contribution is 6.04. The van der Waals surface area contributed by atoms with Crippen LogP contribution in [0.3, 0.4) is 0 Å². The van der Waals surface area contributed by atoms with Crippen molar-refractivity contribution < 1.29 is 23.9 Å². The van der Waals surface area contributed by atoms with Crippen molar-refractivity contribution in [2.75, 3.05) is 24.7 Å². The fourth-order valence-electron chi connectivity index (χ4n) is 3.60. The van der Waals surface area contributed by atoms with Gasteiger partial charge in [-0.25, -0.2) is 0 Å². The van der Waals surface area contributed by atoms with E-state index in [1.165, 1.54) is 4.90 Å². The van der Waals surface area contributed by atoms with Crippen LogP contribution >= 0.6 is 0 Å². The number of benzene rings is 2. The first kappa shape index (κ1) is 23.0. The number of anilines is 1. The fourth-order valence-corrected chi connectivity index (χ4v) is 3.60. The van der Waals surface area contributed by atoms with Crippen LogP contribution in [-0.4, -0.2) is 42.3 Å². The Morgan fingerprint density at radius 2 is 1.94 bits per heavy atom. The average molecular weight is 460 g/mol. The number of rotatable bonds is 9. The van der Waals surface area contributed by atoms with Crippen LogP contribution in [0.4, 0.5) is 5.69 Å². The van der Waals surface area contributed by atoms with Gasteiger partial charge in [0.05, 0.1) is 17.9 Å². The van der Waals surface area contributed by atoms with Gasteiger partial charge in [-0.1, -0.05) is 31.2 Å². The highest BCUT2D eigenvalue weighted by Gasteiger charge is 2.28. The standard InChI is InChI=1S/C26H25N3O5/c1-2-18-7-3-4-9-23(18)33-16-22(30)19-10-11-24-21(13-19)29(26(32)17-34-24)15-25(31)28-14-20-8-5-6-12-27-20/h3-13H,2,14-17H2,1H3,(H,28,31). The molecule has 2 amide bonds. The minimum absolute atomic E-state index is 0.144. The molecular weight excluding hydrogens is 434 g/mol. The lowest BCUT2D eigenvalue weighted by Crippen LogP contribution is -2.45. The van der Waals surface area contributed by atoms with Crippen molar-refractivity contribution in [2.45, 2.75) is 19.9 Å². The van der Waals surface area contributed by atoms with Crippen LogP contribution in [0.1, 0.15) is 28.5 Å². The molecule has 174 valence electrons. The highest BCUT2D eigenvalue weighted by atomic mass is 16.5. The third-order valence-electron chi connectivity index (χ3n) is 5.43. The Morgan fingerprint density at radius 1 is 1.12 bits per heavy atom. The summed E-state index contributed by atoms with van der Waals surface area (Å²) < 4.78 is 11.2. The van der Waals surface area contributed by atoms with Crippen molar-refractivity contribution in [3.8, 4) is 11.5 Å². The van der Waals surface area contributed by atoms with E-state index in [9.17, 15) is 14.4 Å². The molecule has 0 radical (unpaired) electrons. The van der Waals surface area contributed by atoms with Crippen molar-refractivity contribution in [1.82, 2.24) is 10.3 Å². The Balaban J connectivity index is 1.45. The second kappa shape index (κ2) is 10.6. The molecule has 1 aliphatic heterocycles. The molecule has 2 aromatic carbocycles. The smallest absolute Gasteiger partial charge is 0.265 e. The number of pyridine rings is 1. The predicted molar refractivity (Wildman–Crippen MR) is 126 cm³/mol. The molecular formula is C26H25N3O5. The van der Waals surface area contributed by atoms with Crippen LogP contribution in [0, 0.1) is 0 Å². The molecule has 34 heavy (non-hydrogen) atoms. The van der Waals surface area contributed by atoms with E-state index in [4.69, 9.17) is 9.47 Å². The second-order valence-electron chi connectivity index (χ2n) is 7.72. The first-order valence-corrected chi connectivity index (χ1v) is 11.0. The van der Waals surface area contributed by atoms with Gasteiger partial charge in [0.25, 0.3) is 5.91 Å². The van der Waals surface area contributed by atoms with E-state index >= 15 is 0 Å². The molecule has 0 fully saturated rings. The number of amides is 2. The molecule has 0 spiro atoms. The molecule has 2 heterocycles. The van der Waals surface area contributed by atoms with E-state index in [0.717, 1.165) is 12.0 Å². The summed E-state index contributed by atoms with van der Waals surface area (Å²) in [4.78, 5) is 43.4. The number of fused-ring (bicyclic) bond motifs is 1. The summed E-state index contributed by atoms with van der Waals surface area (Å²) in [6, 6.07) is 17.8. The van der Waals surface area contributed by atoms with Crippen LogP contribution in [-0.2, 0) is 22.6 Å². The lowest BCUT2D eigenvalue weighted by molar-refractivity contribution is -0.125. The molecule has 0 aliphatic carbocycles. The van der Waals surface area contributed by atoms with Gasteiger partial charge in [-0.15, -0.1) is 0 Å². The minimum Gasteiger partial charge on any atom is -0.485 e. The van der Waals surface area contributed by atoms with Crippen molar-refractivity contribution in [3.63, 3.8) is 0 Å².